The number of esters is 1. The predicted octanol–water partition coefficient (Wildman–Crippen LogP) is 18.2. The van der Waals surface area contributed by atoms with E-state index in [0.717, 1.165) is 83.5 Å². The molecule has 0 saturated carbocycles. The number of hydrogen-bond acceptors (Lipinski definition) is 5. The Morgan fingerprint density at radius 3 is 1.19 bits per heavy atom. The van der Waals surface area contributed by atoms with Gasteiger partial charge in [-0.05, 0) is 89.9 Å². The van der Waals surface area contributed by atoms with Crippen molar-refractivity contribution in [1.82, 2.24) is 5.32 Å². The fourth-order valence-electron chi connectivity index (χ4n) is 8.90. The van der Waals surface area contributed by atoms with Gasteiger partial charge in [0.2, 0.25) is 5.91 Å². The van der Waals surface area contributed by atoms with Crippen LogP contribution in [0.3, 0.4) is 0 Å². The highest BCUT2D eigenvalue weighted by Gasteiger charge is 2.24. The molecule has 0 aromatic rings. The molecule has 0 saturated heterocycles. The summed E-state index contributed by atoms with van der Waals surface area (Å²) >= 11 is 0. The molecule has 0 bridgehead atoms. The van der Waals surface area contributed by atoms with Gasteiger partial charge in [0.25, 0.3) is 0 Å². The van der Waals surface area contributed by atoms with Gasteiger partial charge in [-0.3, -0.25) is 9.59 Å². The van der Waals surface area contributed by atoms with E-state index in [4.69, 9.17) is 4.74 Å². The lowest BCUT2D eigenvalue weighted by Crippen LogP contribution is -2.46. The molecule has 67 heavy (non-hydrogen) atoms. The maximum Gasteiger partial charge on any atom is 0.306 e. The van der Waals surface area contributed by atoms with Crippen molar-refractivity contribution in [3.05, 3.63) is 48.6 Å². The quantitative estimate of drug-likeness (QED) is 0.0321. The van der Waals surface area contributed by atoms with Gasteiger partial charge in [-0.2, -0.15) is 0 Å². The molecule has 0 rings (SSSR count). The zero-order valence-electron chi connectivity index (χ0n) is 44.8. The summed E-state index contributed by atoms with van der Waals surface area (Å²) in [4.78, 5) is 26.3. The Bertz CT molecular complexity index is 1150. The highest BCUT2D eigenvalue weighted by Crippen LogP contribution is 2.18. The van der Waals surface area contributed by atoms with Crippen molar-refractivity contribution in [3.8, 4) is 0 Å². The lowest BCUT2D eigenvalue weighted by Gasteiger charge is -2.24. The molecule has 0 spiro atoms. The van der Waals surface area contributed by atoms with Crippen LogP contribution in [0.5, 0.6) is 0 Å². The summed E-state index contributed by atoms with van der Waals surface area (Å²) in [5.74, 6) is -0.492. The van der Waals surface area contributed by atoms with Crippen LogP contribution in [-0.4, -0.2) is 46.9 Å². The number of amides is 1. The van der Waals surface area contributed by atoms with Gasteiger partial charge in [0, 0.05) is 6.42 Å². The molecule has 0 fully saturated rings. The van der Waals surface area contributed by atoms with Crippen molar-refractivity contribution in [2.75, 3.05) is 6.61 Å². The van der Waals surface area contributed by atoms with Crippen molar-refractivity contribution < 1.29 is 24.5 Å². The molecule has 0 heterocycles. The average molecular weight is 941 g/mol. The van der Waals surface area contributed by atoms with Gasteiger partial charge in [0.05, 0.1) is 25.2 Å². The fraction of sp³-hybridized carbons (Fsp3) is 0.836. The molecule has 1 amide bonds. The first kappa shape index (κ1) is 64.8. The Morgan fingerprint density at radius 1 is 0.433 bits per heavy atom. The van der Waals surface area contributed by atoms with E-state index in [2.05, 4.69) is 74.7 Å². The molecule has 0 aliphatic heterocycles. The van der Waals surface area contributed by atoms with E-state index in [0.29, 0.717) is 19.3 Å². The Morgan fingerprint density at radius 2 is 0.761 bits per heavy atom. The van der Waals surface area contributed by atoms with Crippen LogP contribution >= 0.6 is 0 Å². The third kappa shape index (κ3) is 50.0. The van der Waals surface area contributed by atoms with Crippen LogP contribution in [0.25, 0.3) is 0 Å². The van der Waals surface area contributed by atoms with Gasteiger partial charge < -0.3 is 20.3 Å². The summed E-state index contributed by atoms with van der Waals surface area (Å²) in [5.41, 5.74) is 0. The number of rotatable bonds is 53. The molecule has 3 N–H and O–H groups in total. The number of aliphatic hydroxyl groups is 2. The Hall–Kier alpha value is -2.18. The van der Waals surface area contributed by atoms with Crippen LogP contribution in [0.15, 0.2) is 48.6 Å². The zero-order chi connectivity index (χ0) is 48.8. The molecule has 392 valence electrons. The van der Waals surface area contributed by atoms with Crippen LogP contribution in [0.4, 0.5) is 0 Å². The minimum absolute atomic E-state index is 0.0669. The number of carbonyl (C=O) groups is 2. The van der Waals surface area contributed by atoms with E-state index in [1.807, 2.05) is 0 Å². The minimum Gasteiger partial charge on any atom is -0.462 e. The molecule has 6 heteroatoms. The Kier molecular flexibility index (Phi) is 53.0. The topological polar surface area (TPSA) is 95.9 Å². The summed E-state index contributed by atoms with van der Waals surface area (Å²) in [6.45, 7) is 6.48. The van der Waals surface area contributed by atoms with E-state index in [1.54, 1.807) is 0 Å². The number of unbranched alkanes of at least 4 members (excludes halogenated alkanes) is 33. The molecule has 0 aliphatic carbocycles. The minimum atomic E-state index is -0.793. The Balaban J connectivity index is 4.60. The van der Waals surface area contributed by atoms with E-state index in [1.165, 1.54) is 173 Å². The second-order valence-electron chi connectivity index (χ2n) is 20.0. The summed E-state index contributed by atoms with van der Waals surface area (Å²) in [5, 5.41) is 23.9. The molecule has 3 atom stereocenters. The highest BCUT2D eigenvalue weighted by atomic mass is 16.5. The van der Waals surface area contributed by atoms with Crippen molar-refractivity contribution in [1.29, 1.82) is 0 Å². The largest absolute Gasteiger partial charge is 0.462 e. The number of carbonyl (C=O) groups excluding carboxylic acids is 2. The molecular formula is C61H113NO5. The molecule has 0 aromatic heterocycles. The Labute approximate surface area is 416 Å². The van der Waals surface area contributed by atoms with E-state index in [9.17, 15) is 19.8 Å². The number of nitrogens with one attached hydrogen (secondary N) is 1. The first-order chi connectivity index (χ1) is 33.0. The first-order valence-corrected chi connectivity index (χ1v) is 29.4. The van der Waals surface area contributed by atoms with Crippen molar-refractivity contribution >= 4 is 11.9 Å². The van der Waals surface area contributed by atoms with Crippen LogP contribution in [0.2, 0.25) is 0 Å². The zero-order valence-corrected chi connectivity index (χ0v) is 44.8. The molecule has 0 aliphatic rings. The maximum absolute atomic E-state index is 13.3. The highest BCUT2D eigenvalue weighted by molar-refractivity contribution is 5.77. The molecule has 3 unspecified atom stereocenters. The van der Waals surface area contributed by atoms with Gasteiger partial charge in [-0.1, -0.05) is 249 Å². The van der Waals surface area contributed by atoms with Crippen LogP contribution in [-0.2, 0) is 14.3 Å². The van der Waals surface area contributed by atoms with Gasteiger partial charge in [-0.15, -0.1) is 0 Å². The monoisotopic (exact) mass is 940 g/mol. The summed E-state index contributed by atoms with van der Waals surface area (Å²) in [7, 11) is 0. The second kappa shape index (κ2) is 54.8. The average Bonchev–Trinajstić information content (AvgIpc) is 3.32. The van der Waals surface area contributed by atoms with Gasteiger partial charge in [-0.25, -0.2) is 0 Å². The normalized spacial score (nSPS) is 13.4. The SMILES string of the molecule is CCCCC/C=C\C/C=C\C/C=C\CCCCCCC(=O)OC(CCCCCCCCC/C=C/CCCCCCCC)CC(=O)NC(CO)C(O)CCCCCCCCCCCCCCCC. The third-order valence-electron chi connectivity index (χ3n) is 13.4. The molecule has 0 radical (unpaired) electrons. The fourth-order valence-corrected chi connectivity index (χ4v) is 8.90. The third-order valence-corrected chi connectivity index (χ3v) is 13.4. The van der Waals surface area contributed by atoms with E-state index >= 15 is 0 Å². The van der Waals surface area contributed by atoms with Crippen LogP contribution < -0.4 is 5.32 Å². The lowest BCUT2D eigenvalue weighted by atomic mass is 10.0. The summed E-state index contributed by atoms with van der Waals surface area (Å²) < 4.78 is 5.96. The number of aliphatic hydroxyl groups excluding tert-OH is 2. The number of allylic oxidation sites excluding steroid dienone is 8. The molecular weight excluding hydrogens is 827 g/mol. The smallest absolute Gasteiger partial charge is 0.306 e. The van der Waals surface area contributed by atoms with E-state index in [-0.39, 0.29) is 24.9 Å². The summed E-state index contributed by atoms with van der Waals surface area (Å²) in [6, 6.07) is -0.708. The van der Waals surface area contributed by atoms with Gasteiger partial charge in [0.15, 0.2) is 0 Å². The molecule has 0 aromatic carbocycles. The lowest BCUT2D eigenvalue weighted by molar-refractivity contribution is -0.151. The van der Waals surface area contributed by atoms with E-state index < -0.39 is 18.2 Å². The van der Waals surface area contributed by atoms with Crippen molar-refractivity contribution in [2.45, 2.75) is 322 Å². The standard InChI is InChI=1S/C61H113NO5/c1-4-7-10-13-16-19-22-25-28-30-32-34-37-40-43-46-49-52-57(67-61(66)54-51-48-45-42-39-36-33-31-29-26-23-20-17-14-11-8-5-2)55-60(65)62-58(56-63)59(64)53-50-47-44-41-38-35-27-24-21-18-15-12-9-6-3/h17,20,25-26,28-29,33,36,57-59,63-64H,4-16,18-19,21-24,27,30-32,34-35,37-56H2,1-3H3,(H,62,65)/b20-17-,28-25+,29-26-,36-33-. The second-order valence-corrected chi connectivity index (χ2v) is 20.0. The predicted molar refractivity (Wildman–Crippen MR) is 292 cm³/mol. The summed E-state index contributed by atoms with van der Waals surface area (Å²) in [6.07, 6.45) is 67.4. The van der Waals surface area contributed by atoms with Gasteiger partial charge in [0.1, 0.15) is 6.10 Å². The molecule has 6 nitrogen and oxygen atoms in total. The van der Waals surface area contributed by atoms with Crippen molar-refractivity contribution in [3.63, 3.8) is 0 Å². The van der Waals surface area contributed by atoms with Crippen molar-refractivity contribution in [2.24, 2.45) is 0 Å². The number of ether oxygens (including phenoxy) is 1. The van der Waals surface area contributed by atoms with Crippen LogP contribution in [0, 0.1) is 0 Å². The van der Waals surface area contributed by atoms with Crippen LogP contribution in [0.1, 0.15) is 303 Å². The van der Waals surface area contributed by atoms with Gasteiger partial charge >= 0.3 is 5.97 Å². The number of hydrogen-bond donors (Lipinski definition) is 3. The first-order valence-electron chi connectivity index (χ1n) is 29.4. The maximum atomic E-state index is 13.3.